The van der Waals surface area contributed by atoms with Crippen molar-refractivity contribution in [1.82, 2.24) is 9.55 Å². The van der Waals surface area contributed by atoms with Gasteiger partial charge in [0.2, 0.25) is 0 Å². The van der Waals surface area contributed by atoms with Crippen LogP contribution in [0.3, 0.4) is 0 Å². The fraction of sp³-hybridized carbons (Fsp3) is 0.500. The molecule has 32 heavy (non-hydrogen) atoms. The Hall–Kier alpha value is -2.35. The van der Waals surface area contributed by atoms with Crippen LogP contribution in [-0.4, -0.2) is 9.55 Å². The summed E-state index contributed by atoms with van der Waals surface area (Å²) in [7, 11) is 1.97. The highest BCUT2D eigenvalue weighted by atomic mass is 15.0. The largest absolute Gasteiger partial charge is 0.338 e. The van der Waals surface area contributed by atoms with E-state index < -0.39 is 0 Å². The molecule has 0 aliphatic heterocycles. The average Bonchev–Trinajstić information content (AvgIpc) is 3.21. The number of rotatable bonds is 2. The second-order valence-electron chi connectivity index (χ2n) is 7.42. The van der Waals surface area contributed by atoms with E-state index in [2.05, 4.69) is 95.1 Å². The number of aromatic nitrogens is 2. The smallest absolute Gasteiger partial charge is 0.105 e. The summed E-state index contributed by atoms with van der Waals surface area (Å²) in [5, 5.41) is 0. The molecule has 0 bridgehead atoms. The van der Waals surface area contributed by atoms with Gasteiger partial charge in [0, 0.05) is 19.4 Å². The van der Waals surface area contributed by atoms with Gasteiger partial charge in [0.05, 0.1) is 0 Å². The Bertz CT molecular complexity index is 638. The molecule has 0 radical (unpaired) electrons. The quantitative estimate of drug-likeness (QED) is 0.387. The lowest BCUT2D eigenvalue weighted by atomic mass is 10.0. The molecule has 0 aliphatic rings. The summed E-state index contributed by atoms with van der Waals surface area (Å²) in [6.07, 6.45) is 4.96. The van der Waals surface area contributed by atoms with E-state index >= 15 is 0 Å². The maximum atomic E-state index is 3.98. The van der Waals surface area contributed by atoms with Crippen molar-refractivity contribution < 1.29 is 0 Å². The van der Waals surface area contributed by atoms with E-state index in [-0.39, 0.29) is 0 Å². The number of nitrogens with zero attached hydrogens (tertiary/aromatic N) is 2. The van der Waals surface area contributed by atoms with Crippen molar-refractivity contribution in [3.05, 3.63) is 90.0 Å². The molecule has 3 rings (SSSR count). The highest BCUT2D eigenvalue weighted by molar-refractivity contribution is 5.18. The highest BCUT2D eigenvalue weighted by Gasteiger charge is 1.94. The minimum absolute atomic E-state index is 0.659. The molecule has 2 aromatic carbocycles. The van der Waals surface area contributed by atoms with Gasteiger partial charge < -0.3 is 4.57 Å². The Morgan fingerprint density at radius 2 is 1.00 bits per heavy atom. The fourth-order valence-electron chi connectivity index (χ4n) is 2.12. The molecule has 1 aromatic heterocycles. The first-order chi connectivity index (χ1) is 15.3. The molecule has 2 nitrogen and oxygen atoms in total. The van der Waals surface area contributed by atoms with Crippen molar-refractivity contribution in [1.29, 1.82) is 0 Å². The standard InChI is InChI=1S/2C9H12.C5H8N2.C3H8.2C2H6/c2*1-8(2)9-6-4-3-5-7-9;1-5-6-3-4-7(5)2;1-3-2;2*1-2/h2*3-8H,1-2H3;3-4H,1-2H3;3H2,1-2H3;2*1-2H3. The summed E-state index contributed by atoms with van der Waals surface area (Å²) in [5.74, 6) is 2.37. The third-order valence-electron chi connectivity index (χ3n) is 3.99. The van der Waals surface area contributed by atoms with Gasteiger partial charge in [-0.15, -0.1) is 0 Å². The van der Waals surface area contributed by atoms with E-state index in [1.165, 1.54) is 17.5 Å². The van der Waals surface area contributed by atoms with Crippen molar-refractivity contribution in [2.45, 2.75) is 94.4 Å². The topological polar surface area (TPSA) is 17.8 Å². The average molecular weight is 441 g/mol. The highest BCUT2D eigenvalue weighted by Crippen LogP contribution is 2.12. The van der Waals surface area contributed by atoms with Crippen molar-refractivity contribution >= 4 is 0 Å². The van der Waals surface area contributed by atoms with Crippen LogP contribution in [-0.2, 0) is 7.05 Å². The van der Waals surface area contributed by atoms with Gasteiger partial charge in [-0.2, -0.15) is 0 Å². The molecule has 0 spiro atoms. The second kappa shape index (κ2) is 24.9. The van der Waals surface area contributed by atoms with Crippen LogP contribution < -0.4 is 0 Å². The van der Waals surface area contributed by atoms with E-state index in [9.17, 15) is 0 Å². The summed E-state index contributed by atoms with van der Waals surface area (Å²) in [6, 6.07) is 21.0. The minimum atomic E-state index is 0.659. The molecule has 1 heterocycles. The molecular formula is C30H52N2. The Morgan fingerprint density at radius 3 is 1.12 bits per heavy atom. The molecule has 0 amide bonds. The first-order valence-corrected chi connectivity index (χ1v) is 12.4. The number of benzene rings is 2. The molecular weight excluding hydrogens is 388 g/mol. The molecule has 0 saturated heterocycles. The molecule has 0 fully saturated rings. The molecule has 3 aromatic rings. The molecule has 0 unspecified atom stereocenters. The van der Waals surface area contributed by atoms with Crippen LogP contribution in [0.15, 0.2) is 73.1 Å². The van der Waals surface area contributed by atoms with Crippen LogP contribution in [0.25, 0.3) is 0 Å². The van der Waals surface area contributed by atoms with E-state index in [0.29, 0.717) is 11.8 Å². The molecule has 0 atom stereocenters. The Kier molecular flexibility index (Phi) is 26.7. The summed E-state index contributed by atoms with van der Waals surface area (Å²) in [4.78, 5) is 3.98. The van der Waals surface area contributed by atoms with Crippen molar-refractivity contribution in [2.75, 3.05) is 0 Å². The number of imidazole rings is 1. The predicted octanol–water partition coefficient (Wildman–Crippen LogP) is 9.82. The maximum Gasteiger partial charge on any atom is 0.105 e. The monoisotopic (exact) mass is 440 g/mol. The van der Waals surface area contributed by atoms with Gasteiger partial charge in [0.15, 0.2) is 0 Å². The minimum Gasteiger partial charge on any atom is -0.338 e. The van der Waals surface area contributed by atoms with Crippen LogP contribution in [0.5, 0.6) is 0 Å². The van der Waals surface area contributed by atoms with Crippen LogP contribution in [0.2, 0.25) is 0 Å². The van der Waals surface area contributed by atoms with Crippen LogP contribution in [0, 0.1) is 6.92 Å². The van der Waals surface area contributed by atoms with E-state index in [0.717, 1.165) is 5.82 Å². The van der Waals surface area contributed by atoms with E-state index in [4.69, 9.17) is 0 Å². The zero-order chi connectivity index (χ0) is 25.4. The van der Waals surface area contributed by atoms with E-state index in [1.54, 1.807) is 6.20 Å². The van der Waals surface area contributed by atoms with Gasteiger partial charge in [-0.3, -0.25) is 0 Å². The van der Waals surface area contributed by atoms with Crippen molar-refractivity contribution in [3.8, 4) is 0 Å². The van der Waals surface area contributed by atoms with Gasteiger partial charge in [0.25, 0.3) is 0 Å². The Morgan fingerprint density at radius 1 is 0.688 bits per heavy atom. The van der Waals surface area contributed by atoms with E-state index in [1.807, 2.05) is 64.6 Å². The zero-order valence-corrected chi connectivity index (χ0v) is 23.2. The first kappa shape index (κ1) is 34.3. The number of hydrogen-bond donors (Lipinski definition) is 0. The predicted molar refractivity (Wildman–Crippen MR) is 148 cm³/mol. The van der Waals surface area contributed by atoms with Gasteiger partial charge in [0.1, 0.15) is 5.82 Å². The summed E-state index contributed by atoms with van der Waals surface area (Å²) >= 11 is 0. The van der Waals surface area contributed by atoms with Crippen LogP contribution in [0.4, 0.5) is 0 Å². The molecule has 2 heteroatoms. The fourth-order valence-corrected chi connectivity index (χ4v) is 2.12. The first-order valence-electron chi connectivity index (χ1n) is 12.4. The normalized spacial score (nSPS) is 8.69. The van der Waals surface area contributed by atoms with Crippen molar-refractivity contribution in [3.63, 3.8) is 0 Å². The van der Waals surface area contributed by atoms with Gasteiger partial charge >= 0.3 is 0 Å². The number of aryl methyl sites for hydroxylation is 2. The maximum absolute atomic E-state index is 3.98. The lowest BCUT2D eigenvalue weighted by Gasteiger charge is -2.01. The Labute approximate surface area is 201 Å². The Balaban J connectivity index is -0.000000347. The second-order valence-corrected chi connectivity index (χ2v) is 7.42. The van der Waals surface area contributed by atoms with Gasteiger partial charge in [-0.05, 0) is 29.9 Å². The number of hydrogen-bond acceptors (Lipinski definition) is 1. The van der Waals surface area contributed by atoms with Gasteiger partial charge in [-0.25, -0.2) is 4.98 Å². The SMILES string of the molecule is CC.CC.CC(C)c1ccccc1.CC(C)c1ccccc1.CCC.Cc1nccn1C. The summed E-state index contributed by atoms with van der Waals surface area (Å²) in [6.45, 7) is 23.0. The third kappa shape index (κ3) is 19.6. The third-order valence-corrected chi connectivity index (χ3v) is 3.99. The molecule has 182 valence electrons. The zero-order valence-electron chi connectivity index (χ0n) is 23.2. The van der Waals surface area contributed by atoms with Crippen LogP contribution >= 0.6 is 0 Å². The molecule has 0 saturated carbocycles. The summed E-state index contributed by atoms with van der Waals surface area (Å²) in [5.41, 5.74) is 2.83. The molecule has 0 aliphatic carbocycles. The van der Waals surface area contributed by atoms with Gasteiger partial charge in [-0.1, -0.05) is 136 Å². The lowest BCUT2D eigenvalue weighted by Crippen LogP contribution is -1.86. The lowest BCUT2D eigenvalue weighted by molar-refractivity contribution is 0.858. The van der Waals surface area contributed by atoms with Crippen molar-refractivity contribution in [2.24, 2.45) is 7.05 Å². The van der Waals surface area contributed by atoms with Crippen LogP contribution in [0.1, 0.15) is 104 Å². The summed E-state index contributed by atoms with van der Waals surface area (Å²) < 4.78 is 1.97. The molecule has 0 N–H and O–H groups in total.